The number of pyridine rings is 1. The van der Waals surface area contributed by atoms with Crippen LogP contribution in [0.15, 0.2) is 53.7 Å². The van der Waals surface area contributed by atoms with Crippen molar-refractivity contribution in [2.24, 2.45) is 5.73 Å². The lowest BCUT2D eigenvalue weighted by atomic mass is 10.2. The highest BCUT2D eigenvalue weighted by molar-refractivity contribution is 7.98. The Morgan fingerprint density at radius 3 is 2.52 bits per heavy atom. The molecular weight excluding hydrogens is 353 g/mol. The summed E-state index contributed by atoms with van der Waals surface area (Å²) in [4.78, 5) is 16.9. The molecule has 1 heterocycles. The van der Waals surface area contributed by atoms with Crippen molar-refractivity contribution in [3.63, 3.8) is 0 Å². The number of nitrogens with two attached hydrogens (primary N) is 1. The van der Waals surface area contributed by atoms with E-state index in [0.29, 0.717) is 6.42 Å². The van der Waals surface area contributed by atoms with Gasteiger partial charge in [0.1, 0.15) is 0 Å². The minimum atomic E-state index is -0.126. The summed E-state index contributed by atoms with van der Waals surface area (Å²) in [6.07, 6.45) is 3.97. The molecule has 0 aliphatic heterocycles. The minimum Gasteiger partial charge on any atom is -0.327 e. The van der Waals surface area contributed by atoms with E-state index in [0.717, 1.165) is 16.3 Å². The smallest absolute Gasteiger partial charge is 0.225 e. The highest BCUT2D eigenvalue weighted by atomic mass is 35.5. The molecule has 126 valence electrons. The fourth-order valence-electron chi connectivity index (χ4n) is 1.79. The summed E-state index contributed by atoms with van der Waals surface area (Å²) in [6, 6.07) is 11.7. The number of benzene rings is 1. The zero-order chi connectivity index (χ0) is 15.1. The van der Waals surface area contributed by atoms with Crippen molar-refractivity contribution < 1.29 is 4.79 Å². The van der Waals surface area contributed by atoms with Crippen molar-refractivity contribution in [1.82, 2.24) is 4.98 Å². The number of thioether (sulfide) groups is 1. The van der Waals surface area contributed by atoms with Gasteiger partial charge in [-0.3, -0.25) is 9.78 Å². The summed E-state index contributed by atoms with van der Waals surface area (Å²) in [5.41, 5.74) is 7.59. The third kappa shape index (κ3) is 8.23. The first kappa shape index (κ1) is 21.7. The molecule has 1 aromatic carbocycles. The van der Waals surface area contributed by atoms with Gasteiger partial charge in [-0.2, -0.15) is 0 Å². The monoisotopic (exact) mass is 373 g/mol. The van der Waals surface area contributed by atoms with Gasteiger partial charge in [-0.05, 0) is 42.8 Å². The van der Waals surface area contributed by atoms with Crippen LogP contribution in [0.1, 0.15) is 18.9 Å². The number of aromatic nitrogens is 1. The number of amides is 1. The predicted molar refractivity (Wildman–Crippen MR) is 102 cm³/mol. The molecule has 3 N–H and O–H groups in total. The Kier molecular flexibility index (Phi) is 10.7. The Bertz CT molecular complexity index is 580. The molecule has 0 spiro atoms. The SMILES string of the molecule is CC(N)CC(=O)Nc1ccc(SCc2cccnc2)cc1.Cl.Cl. The van der Waals surface area contributed by atoms with Crippen molar-refractivity contribution in [1.29, 1.82) is 0 Å². The lowest BCUT2D eigenvalue weighted by Crippen LogP contribution is -2.23. The van der Waals surface area contributed by atoms with Crippen LogP contribution < -0.4 is 11.1 Å². The van der Waals surface area contributed by atoms with Crippen LogP contribution in [0, 0.1) is 0 Å². The van der Waals surface area contributed by atoms with Gasteiger partial charge in [-0.1, -0.05) is 6.07 Å². The summed E-state index contributed by atoms with van der Waals surface area (Å²) in [6.45, 7) is 1.82. The molecule has 1 aromatic heterocycles. The highest BCUT2D eigenvalue weighted by Crippen LogP contribution is 2.23. The summed E-state index contributed by atoms with van der Waals surface area (Å²) >= 11 is 1.74. The first-order valence-electron chi connectivity index (χ1n) is 6.80. The van der Waals surface area contributed by atoms with Gasteiger partial charge in [-0.25, -0.2) is 0 Å². The van der Waals surface area contributed by atoms with Crippen LogP contribution >= 0.6 is 36.6 Å². The summed E-state index contributed by atoms with van der Waals surface area (Å²) in [5.74, 6) is 0.824. The van der Waals surface area contributed by atoms with Crippen molar-refractivity contribution >= 4 is 48.2 Å². The van der Waals surface area contributed by atoms with Crippen molar-refractivity contribution in [3.05, 3.63) is 54.4 Å². The Morgan fingerprint density at radius 1 is 1.26 bits per heavy atom. The van der Waals surface area contributed by atoms with Crippen molar-refractivity contribution in [2.45, 2.75) is 30.0 Å². The van der Waals surface area contributed by atoms with Gasteiger partial charge >= 0.3 is 0 Å². The van der Waals surface area contributed by atoms with Gasteiger partial charge < -0.3 is 11.1 Å². The molecule has 23 heavy (non-hydrogen) atoms. The summed E-state index contributed by atoms with van der Waals surface area (Å²) < 4.78 is 0. The fourth-order valence-corrected chi connectivity index (χ4v) is 2.62. The van der Waals surface area contributed by atoms with Crippen LogP contribution in [0.25, 0.3) is 0 Å². The van der Waals surface area contributed by atoms with E-state index >= 15 is 0 Å². The lowest BCUT2D eigenvalue weighted by molar-refractivity contribution is -0.116. The Balaban J connectivity index is 0.00000242. The number of anilines is 1. The number of hydrogen-bond acceptors (Lipinski definition) is 4. The predicted octanol–water partition coefficient (Wildman–Crippen LogP) is 3.89. The molecule has 0 radical (unpaired) electrons. The van der Waals surface area contributed by atoms with E-state index in [2.05, 4.69) is 16.4 Å². The molecule has 7 heteroatoms. The average Bonchev–Trinajstić information content (AvgIpc) is 2.47. The maximum Gasteiger partial charge on any atom is 0.225 e. The normalized spacial score (nSPS) is 10.9. The number of nitrogens with one attached hydrogen (secondary N) is 1. The van der Waals surface area contributed by atoms with Crippen LogP contribution in [-0.2, 0) is 10.5 Å². The van der Waals surface area contributed by atoms with Crippen LogP contribution in [0.4, 0.5) is 5.69 Å². The van der Waals surface area contributed by atoms with Gasteiger partial charge in [0.15, 0.2) is 0 Å². The summed E-state index contributed by atoms with van der Waals surface area (Å²) in [7, 11) is 0. The van der Waals surface area contributed by atoms with Crippen LogP contribution in [0.2, 0.25) is 0 Å². The molecule has 0 fully saturated rings. The third-order valence-electron chi connectivity index (χ3n) is 2.77. The molecule has 4 nitrogen and oxygen atoms in total. The molecule has 1 amide bonds. The minimum absolute atomic E-state index is 0. The molecule has 0 aliphatic carbocycles. The number of hydrogen-bond donors (Lipinski definition) is 2. The lowest BCUT2D eigenvalue weighted by Gasteiger charge is -2.08. The van der Waals surface area contributed by atoms with E-state index < -0.39 is 0 Å². The first-order valence-corrected chi connectivity index (χ1v) is 7.79. The van der Waals surface area contributed by atoms with E-state index in [4.69, 9.17) is 5.73 Å². The second-order valence-corrected chi connectivity index (χ2v) is 5.95. The topological polar surface area (TPSA) is 68.0 Å². The zero-order valence-corrected chi connectivity index (χ0v) is 15.2. The number of halogens is 2. The van der Waals surface area contributed by atoms with Crippen LogP contribution in [0.5, 0.6) is 0 Å². The molecular formula is C16H21Cl2N3OS. The van der Waals surface area contributed by atoms with Crippen LogP contribution in [0.3, 0.4) is 0 Å². The fraction of sp³-hybridized carbons (Fsp3) is 0.250. The second-order valence-electron chi connectivity index (χ2n) is 4.90. The van der Waals surface area contributed by atoms with Crippen molar-refractivity contribution in [2.75, 3.05) is 5.32 Å². The maximum absolute atomic E-state index is 11.6. The number of carbonyl (C=O) groups is 1. The first-order chi connectivity index (χ1) is 10.1. The van der Waals surface area contributed by atoms with Crippen LogP contribution in [-0.4, -0.2) is 16.9 Å². The Hall–Kier alpha value is -1.27. The highest BCUT2D eigenvalue weighted by Gasteiger charge is 2.05. The molecule has 1 atom stereocenters. The van der Waals surface area contributed by atoms with E-state index in [1.54, 1.807) is 18.0 Å². The third-order valence-corrected chi connectivity index (χ3v) is 3.86. The molecule has 2 aromatic rings. The number of nitrogens with zero attached hydrogens (tertiary/aromatic N) is 1. The Morgan fingerprint density at radius 2 is 1.96 bits per heavy atom. The summed E-state index contributed by atoms with van der Waals surface area (Å²) in [5, 5.41) is 2.84. The van der Waals surface area contributed by atoms with Gasteiger partial charge in [-0.15, -0.1) is 36.6 Å². The molecule has 0 bridgehead atoms. The van der Waals surface area contributed by atoms with E-state index in [1.165, 1.54) is 5.56 Å². The van der Waals surface area contributed by atoms with E-state index in [1.807, 2.05) is 43.5 Å². The van der Waals surface area contributed by atoms with E-state index in [9.17, 15) is 4.79 Å². The molecule has 2 rings (SSSR count). The standard InChI is InChI=1S/C16H19N3OS.2ClH/c1-12(17)9-16(20)19-14-4-6-15(7-5-14)21-11-13-3-2-8-18-10-13;;/h2-8,10,12H,9,11,17H2,1H3,(H,19,20);2*1H. The average molecular weight is 374 g/mol. The largest absolute Gasteiger partial charge is 0.327 e. The number of carbonyl (C=O) groups excluding carboxylic acids is 1. The van der Waals surface area contributed by atoms with Gasteiger partial charge in [0.25, 0.3) is 0 Å². The second kappa shape index (κ2) is 11.3. The van der Waals surface area contributed by atoms with E-state index in [-0.39, 0.29) is 36.8 Å². The molecule has 0 saturated carbocycles. The molecule has 0 aliphatic rings. The Labute approximate surface area is 153 Å². The van der Waals surface area contributed by atoms with Gasteiger partial charge in [0, 0.05) is 41.2 Å². The maximum atomic E-state index is 11.6. The number of rotatable bonds is 6. The molecule has 1 unspecified atom stereocenters. The quantitative estimate of drug-likeness (QED) is 0.753. The van der Waals surface area contributed by atoms with Gasteiger partial charge in [0.05, 0.1) is 0 Å². The molecule has 0 saturated heterocycles. The zero-order valence-electron chi connectivity index (χ0n) is 12.8. The van der Waals surface area contributed by atoms with Crippen molar-refractivity contribution in [3.8, 4) is 0 Å². The van der Waals surface area contributed by atoms with Gasteiger partial charge in [0.2, 0.25) is 5.91 Å².